The summed E-state index contributed by atoms with van der Waals surface area (Å²) in [5.74, 6) is 1.32. The normalized spacial score (nSPS) is 11.2. The summed E-state index contributed by atoms with van der Waals surface area (Å²) in [4.78, 5) is 15.2. The third-order valence-corrected chi connectivity index (χ3v) is 5.33. The van der Waals surface area contributed by atoms with E-state index < -0.39 is 11.5 Å². The van der Waals surface area contributed by atoms with Crippen LogP contribution in [0.2, 0.25) is 0 Å². The maximum absolute atomic E-state index is 12.4. The van der Waals surface area contributed by atoms with E-state index in [1.165, 1.54) is 24.3 Å². The fourth-order valence-electron chi connectivity index (χ4n) is 2.69. The number of hydrogen-bond acceptors (Lipinski definition) is 5. The highest BCUT2D eigenvalue weighted by atomic mass is 32.2. The van der Waals surface area contributed by atoms with Crippen LogP contribution in [0.25, 0.3) is 16.9 Å². The van der Waals surface area contributed by atoms with E-state index in [2.05, 4.69) is 23.6 Å². The lowest BCUT2D eigenvalue weighted by molar-refractivity contribution is -0.384. The zero-order valence-corrected chi connectivity index (χ0v) is 16.6. The smallest absolute Gasteiger partial charge is 0.387 e. The molecule has 29 heavy (non-hydrogen) atoms. The Morgan fingerprint density at radius 3 is 2.55 bits per heavy atom. The Kier molecular flexibility index (Phi) is 6.48. The zero-order valence-electron chi connectivity index (χ0n) is 15.8. The van der Waals surface area contributed by atoms with Crippen LogP contribution in [0, 0.1) is 16.0 Å². The molecule has 2 aromatic carbocycles. The fourth-order valence-corrected chi connectivity index (χ4v) is 3.63. The lowest BCUT2D eigenvalue weighted by atomic mass is 10.1. The number of aromatic nitrogens is 2. The number of benzene rings is 2. The molecule has 0 atom stereocenters. The first-order chi connectivity index (χ1) is 13.8. The Morgan fingerprint density at radius 1 is 1.21 bits per heavy atom. The molecule has 152 valence electrons. The minimum absolute atomic E-state index is 0.0210. The molecule has 0 spiro atoms. The molecule has 0 bridgehead atoms. The second-order valence-electron chi connectivity index (χ2n) is 6.65. The second-order valence-corrected chi connectivity index (χ2v) is 7.63. The van der Waals surface area contributed by atoms with Crippen molar-refractivity contribution >= 4 is 17.4 Å². The van der Waals surface area contributed by atoms with Crippen LogP contribution < -0.4 is 4.74 Å². The van der Waals surface area contributed by atoms with E-state index in [0.29, 0.717) is 28.0 Å². The second kappa shape index (κ2) is 9.04. The number of rotatable bonds is 8. The van der Waals surface area contributed by atoms with Crippen LogP contribution in [0.1, 0.15) is 13.8 Å². The summed E-state index contributed by atoms with van der Waals surface area (Å²) in [7, 11) is 0. The van der Waals surface area contributed by atoms with Crippen LogP contribution in [-0.2, 0) is 0 Å². The lowest BCUT2D eigenvalue weighted by Crippen LogP contribution is -2.03. The van der Waals surface area contributed by atoms with Crippen molar-refractivity contribution in [2.45, 2.75) is 25.6 Å². The predicted octanol–water partition coefficient (Wildman–Crippen LogP) is 5.80. The molecule has 9 heteroatoms. The third kappa shape index (κ3) is 5.11. The van der Waals surface area contributed by atoms with Crippen molar-refractivity contribution in [2.24, 2.45) is 5.92 Å². The predicted molar refractivity (Wildman–Crippen MR) is 108 cm³/mol. The number of non-ortho nitro benzene ring substituents is 1. The van der Waals surface area contributed by atoms with Gasteiger partial charge in [-0.15, -0.1) is 0 Å². The van der Waals surface area contributed by atoms with Crippen molar-refractivity contribution < 1.29 is 18.4 Å². The van der Waals surface area contributed by atoms with Gasteiger partial charge < -0.3 is 4.74 Å². The number of nitro benzene ring substituents is 1. The molecular weight excluding hydrogens is 400 g/mol. The van der Waals surface area contributed by atoms with Gasteiger partial charge in [0.25, 0.3) is 5.69 Å². The van der Waals surface area contributed by atoms with Gasteiger partial charge in [0.1, 0.15) is 5.75 Å². The zero-order chi connectivity index (χ0) is 21.0. The maximum atomic E-state index is 12.4. The summed E-state index contributed by atoms with van der Waals surface area (Å²) < 4.78 is 31.1. The van der Waals surface area contributed by atoms with Crippen molar-refractivity contribution in [2.75, 3.05) is 5.75 Å². The molecule has 3 aromatic rings. The minimum Gasteiger partial charge on any atom is -0.435 e. The Labute approximate surface area is 170 Å². The van der Waals surface area contributed by atoms with Crippen LogP contribution in [0.3, 0.4) is 0 Å². The highest BCUT2D eigenvalue weighted by Gasteiger charge is 2.17. The van der Waals surface area contributed by atoms with Gasteiger partial charge in [-0.2, -0.15) is 8.78 Å². The molecule has 0 saturated carbocycles. The number of thioether (sulfide) groups is 1. The number of nitro groups is 1. The number of halogens is 2. The van der Waals surface area contributed by atoms with Gasteiger partial charge in [0.05, 0.1) is 16.8 Å². The first-order valence-electron chi connectivity index (χ1n) is 8.85. The summed E-state index contributed by atoms with van der Waals surface area (Å²) >= 11 is 1.56. The molecule has 0 saturated heterocycles. The van der Waals surface area contributed by atoms with Crippen molar-refractivity contribution in [3.8, 4) is 22.7 Å². The van der Waals surface area contributed by atoms with Gasteiger partial charge in [0.2, 0.25) is 0 Å². The summed E-state index contributed by atoms with van der Waals surface area (Å²) in [6, 6.07) is 12.5. The molecule has 0 radical (unpaired) electrons. The fraction of sp³-hybridized carbons (Fsp3) is 0.250. The number of nitrogens with zero attached hydrogens (tertiary/aromatic N) is 3. The molecule has 1 heterocycles. The van der Waals surface area contributed by atoms with Crippen molar-refractivity contribution in [1.29, 1.82) is 0 Å². The quantitative estimate of drug-likeness (QED) is 0.262. The average Bonchev–Trinajstić information content (AvgIpc) is 3.10. The molecule has 1 aromatic heterocycles. The van der Waals surface area contributed by atoms with Crippen molar-refractivity contribution in [3.05, 3.63) is 64.8 Å². The van der Waals surface area contributed by atoms with Crippen LogP contribution in [0.15, 0.2) is 59.9 Å². The standard InChI is InChI=1S/C20H19F2N3O3S/c1-13(2)12-29-20-23-11-18(14-4-3-5-16(10-14)25(26)27)24(20)15-6-8-17(9-7-15)28-19(21)22/h3-11,13,19H,12H2,1-2H3. The average molecular weight is 419 g/mol. The minimum atomic E-state index is -2.90. The Bertz CT molecular complexity index is 991. The highest BCUT2D eigenvalue weighted by molar-refractivity contribution is 7.99. The summed E-state index contributed by atoms with van der Waals surface area (Å²) in [5.41, 5.74) is 1.97. The first kappa shape index (κ1) is 20.8. The van der Waals surface area contributed by atoms with Crippen molar-refractivity contribution in [3.63, 3.8) is 0 Å². The summed E-state index contributed by atoms with van der Waals surface area (Å²) in [5, 5.41) is 11.9. The molecule has 6 nitrogen and oxygen atoms in total. The Morgan fingerprint density at radius 2 is 1.93 bits per heavy atom. The SMILES string of the molecule is CC(C)CSc1ncc(-c2cccc([N+](=O)[O-])c2)n1-c1ccc(OC(F)F)cc1. The largest absolute Gasteiger partial charge is 0.435 e. The van der Waals surface area contributed by atoms with E-state index in [-0.39, 0.29) is 11.4 Å². The highest BCUT2D eigenvalue weighted by Crippen LogP contribution is 2.32. The summed E-state index contributed by atoms with van der Waals surface area (Å²) in [6.07, 6.45) is 1.66. The van der Waals surface area contributed by atoms with E-state index in [4.69, 9.17) is 0 Å². The lowest BCUT2D eigenvalue weighted by Gasteiger charge is -2.13. The number of imidazole rings is 1. The maximum Gasteiger partial charge on any atom is 0.387 e. The molecule has 0 aliphatic heterocycles. The van der Waals surface area contributed by atoms with E-state index in [1.807, 2.05) is 4.57 Å². The molecule has 0 amide bonds. The van der Waals surface area contributed by atoms with Crippen LogP contribution in [0.5, 0.6) is 5.75 Å². The van der Waals surface area contributed by atoms with Crippen LogP contribution in [-0.4, -0.2) is 26.8 Å². The number of alkyl halides is 2. The first-order valence-corrected chi connectivity index (χ1v) is 9.84. The summed E-state index contributed by atoms with van der Waals surface area (Å²) in [6.45, 7) is 1.29. The number of ether oxygens (including phenoxy) is 1. The van der Waals surface area contributed by atoms with Gasteiger partial charge in [-0.1, -0.05) is 37.7 Å². The topological polar surface area (TPSA) is 70.2 Å². The van der Waals surface area contributed by atoms with Gasteiger partial charge in [-0.05, 0) is 30.2 Å². The van der Waals surface area contributed by atoms with Gasteiger partial charge in [0.15, 0.2) is 5.16 Å². The van der Waals surface area contributed by atoms with Gasteiger partial charge in [0, 0.05) is 29.1 Å². The van der Waals surface area contributed by atoms with Gasteiger partial charge in [-0.25, -0.2) is 4.98 Å². The van der Waals surface area contributed by atoms with Gasteiger partial charge >= 0.3 is 6.61 Å². The van der Waals surface area contributed by atoms with E-state index in [0.717, 1.165) is 5.75 Å². The van der Waals surface area contributed by atoms with Crippen LogP contribution >= 0.6 is 11.8 Å². The number of hydrogen-bond donors (Lipinski definition) is 0. The molecule has 0 N–H and O–H groups in total. The van der Waals surface area contributed by atoms with Gasteiger partial charge in [-0.3, -0.25) is 14.7 Å². The molecule has 0 aliphatic rings. The van der Waals surface area contributed by atoms with E-state index in [9.17, 15) is 18.9 Å². The van der Waals surface area contributed by atoms with E-state index in [1.54, 1.807) is 42.2 Å². The molecule has 0 fully saturated rings. The molecule has 0 aliphatic carbocycles. The molecular formula is C20H19F2N3O3S. The van der Waals surface area contributed by atoms with Crippen molar-refractivity contribution in [1.82, 2.24) is 9.55 Å². The third-order valence-electron chi connectivity index (χ3n) is 3.95. The molecule has 0 unspecified atom stereocenters. The Hall–Kier alpha value is -2.94. The Balaban J connectivity index is 2.06. The molecule has 3 rings (SSSR count). The monoisotopic (exact) mass is 419 g/mol. The van der Waals surface area contributed by atoms with Crippen LogP contribution in [0.4, 0.5) is 14.5 Å². The van der Waals surface area contributed by atoms with E-state index >= 15 is 0 Å².